The first-order valence-electron chi connectivity index (χ1n) is 9.21. The van der Waals surface area contributed by atoms with Gasteiger partial charge in [-0.15, -0.1) is 11.3 Å². The molecule has 28 heavy (non-hydrogen) atoms. The highest BCUT2D eigenvalue weighted by Crippen LogP contribution is 2.26. The zero-order chi connectivity index (χ0) is 20.1. The van der Waals surface area contributed by atoms with Crippen molar-refractivity contribution in [2.45, 2.75) is 39.2 Å². The van der Waals surface area contributed by atoms with E-state index in [1.54, 1.807) is 18.3 Å². The van der Waals surface area contributed by atoms with Gasteiger partial charge in [0, 0.05) is 22.6 Å². The molecule has 1 atom stereocenters. The van der Waals surface area contributed by atoms with E-state index in [0.29, 0.717) is 11.3 Å². The summed E-state index contributed by atoms with van der Waals surface area (Å²) in [7, 11) is 0. The monoisotopic (exact) mass is 397 g/mol. The van der Waals surface area contributed by atoms with Gasteiger partial charge >= 0.3 is 5.69 Å². The number of benzene rings is 1. The Morgan fingerprint density at radius 1 is 1.14 bits per heavy atom. The van der Waals surface area contributed by atoms with Crippen LogP contribution in [0.25, 0.3) is 0 Å². The van der Waals surface area contributed by atoms with Crippen molar-refractivity contribution >= 4 is 17.2 Å². The molecule has 6 nitrogen and oxygen atoms in total. The van der Waals surface area contributed by atoms with E-state index < -0.39 is 11.2 Å². The van der Waals surface area contributed by atoms with Crippen molar-refractivity contribution in [1.29, 1.82) is 0 Å². The second-order valence-electron chi connectivity index (χ2n) is 6.62. The van der Waals surface area contributed by atoms with Crippen molar-refractivity contribution in [3.05, 3.63) is 89.9 Å². The first-order valence-corrected chi connectivity index (χ1v) is 10.1. The highest BCUT2D eigenvalue weighted by molar-refractivity contribution is 7.10. The molecular weight excluding hydrogens is 374 g/mol. The lowest BCUT2D eigenvalue weighted by atomic mass is 10.0. The Hall–Kier alpha value is -2.93. The van der Waals surface area contributed by atoms with E-state index in [0.717, 1.165) is 16.9 Å². The summed E-state index contributed by atoms with van der Waals surface area (Å²) in [6.07, 6.45) is 1.38. The summed E-state index contributed by atoms with van der Waals surface area (Å²) in [4.78, 5) is 41.7. The molecule has 3 aromatic rings. The summed E-state index contributed by atoms with van der Waals surface area (Å²) >= 11 is 1.59. The van der Waals surface area contributed by atoms with Crippen molar-refractivity contribution in [3.63, 3.8) is 0 Å². The maximum absolute atomic E-state index is 12.6. The minimum absolute atomic E-state index is 0.150. The fourth-order valence-electron chi connectivity index (χ4n) is 3.12. The number of aromatic nitrogens is 2. The average Bonchev–Trinajstić information content (AvgIpc) is 3.20. The Morgan fingerprint density at radius 3 is 2.50 bits per heavy atom. The van der Waals surface area contributed by atoms with E-state index in [1.165, 1.54) is 5.56 Å². The minimum atomic E-state index is -0.538. The number of carbonyl (C=O) groups excluding carboxylic acids is 1. The van der Waals surface area contributed by atoms with Crippen LogP contribution in [0.2, 0.25) is 0 Å². The van der Waals surface area contributed by atoms with E-state index in [-0.39, 0.29) is 24.8 Å². The van der Waals surface area contributed by atoms with Gasteiger partial charge < -0.3 is 10.3 Å². The van der Waals surface area contributed by atoms with Gasteiger partial charge in [0.05, 0.1) is 6.04 Å². The van der Waals surface area contributed by atoms with Crippen LogP contribution < -0.4 is 16.6 Å². The van der Waals surface area contributed by atoms with Gasteiger partial charge in [-0.3, -0.25) is 14.6 Å². The van der Waals surface area contributed by atoms with Crippen molar-refractivity contribution in [3.8, 4) is 0 Å². The fraction of sp³-hybridized carbons (Fsp3) is 0.286. The molecule has 0 saturated carbocycles. The molecule has 1 aromatic carbocycles. The molecule has 0 aliphatic rings. The number of thiophene rings is 1. The highest BCUT2D eigenvalue weighted by Gasteiger charge is 2.18. The van der Waals surface area contributed by atoms with E-state index in [1.807, 2.05) is 29.6 Å². The largest absolute Gasteiger partial charge is 0.344 e. The molecule has 146 valence electrons. The molecule has 0 radical (unpaired) electrons. The summed E-state index contributed by atoms with van der Waals surface area (Å²) < 4.78 is 0. The SMILES string of the molecule is CCc1ccc(C(NC(=O)CCc2c(C)[nH]c(=O)[nH]c2=O)c2cccs2)cc1. The summed E-state index contributed by atoms with van der Waals surface area (Å²) in [5.74, 6) is -0.150. The van der Waals surface area contributed by atoms with Gasteiger partial charge in [0.25, 0.3) is 5.56 Å². The van der Waals surface area contributed by atoms with Gasteiger partial charge in [0.1, 0.15) is 0 Å². The summed E-state index contributed by atoms with van der Waals surface area (Å²) in [6.45, 7) is 3.77. The van der Waals surface area contributed by atoms with Crippen LogP contribution in [0.4, 0.5) is 0 Å². The van der Waals surface area contributed by atoms with Crippen LogP contribution in [0.3, 0.4) is 0 Å². The number of amides is 1. The lowest BCUT2D eigenvalue weighted by molar-refractivity contribution is -0.121. The third-order valence-corrected chi connectivity index (χ3v) is 5.65. The molecule has 3 N–H and O–H groups in total. The summed E-state index contributed by atoms with van der Waals surface area (Å²) in [6, 6.07) is 12.0. The van der Waals surface area contributed by atoms with Crippen LogP contribution in [0.1, 0.15) is 46.6 Å². The number of hydrogen-bond acceptors (Lipinski definition) is 4. The first-order chi connectivity index (χ1) is 13.5. The van der Waals surface area contributed by atoms with Crippen molar-refractivity contribution < 1.29 is 4.79 Å². The zero-order valence-electron chi connectivity index (χ0n) is 15.9. The minimum Gasteiger partial charge on any atom is -0.344 e. The van der Waals surface area contributed by atoms with Crippen LogP contribution in [-0.2, 0) is 17.6 Å². The van der Waals surface area contributed by atoms with Crippen molar-refractivity contribution in [1.82, 2.24) is 15.3 Å². The van der Waals surface area contributed by atoms with Gasteiger partial charge in [-0.05, 0) is 42.3 Å². The lowest BCUT2D eigenvalue weighted by Crippen LogP contribution is -2.31. The Labute approximate surface area is 166 Å². The molecule has 7 heteroatoms. The second-order valence-corrected chi connectivity index (χ2v) is 7.60. The molecule has 0 fully saturated rings. The van der Waals surface area contributed by atoms with Gasteiger partial charge in [0.2, 0.25) is 5.91 Å². The van der Waals surface area contributed by atoms with Crippen LogP contribution in [0.15, 0.2) is 51.4 Å². The number of carbonyl (C=O) groups is 1. The van der Waals surface area contributed by atoms with Crippen LogP contribution in [0, 0.1) is 6.92 Å². The Balaban J connectivity index is 1.75. The average molecular weight is 398 g/mol. The molecule has 0 saturated heterocycles. The standard InChI is InChI=1S/C21H23N3O3S/c1-3-14-6-8-15(9-7-14)19(17-5-4-12-28-17)23-18(25)11-10-16-13(2)22-21(27)24-20(16)26/h4-9,12,19H,3,10-11H2,1-2H3,(H,23,25)(H2,22,24,26,27). The van der Waals surface area contributed by atoms with Crippen LogP contribution in [0.5, 0.6) is 0 Å². The number of rotatable bonds is 7. The van der Waals surface area contributed by atoms with Crippen LogP contribution >= 0.6 is 11.3 Å². The molecule has 2 heterocycles. The third-order valence-electron chi connectivity index (χ3n) is 4.71. The van der Waals surface area contributed by atoms with Gasteiger partial charge in [-0.25, -0.2) is 4.79 Å². The van der Waals surface area contributed by atoms with Crippen molar-refractivity contribution in [2.75, 3.05) is 0 Å². The molecule has 2 aromatic heterocycles. The van der Waals surface area contributed by atoms with E-state index in [2.05, 4.69) is 34.3 Å². The molecule has 0 spiro atoms. The topological polar surface area (TPSA) is 94.8 Å². The normalized spacial score (nSPS) is 11.9. The molecule has 1 unspecified atom stereocenters. The molecule has 0 bridgehead atoms. The van der Waals surface area contributed by atoms with E-state index in [9.17, 15) is 14.4 Å². The summed E-state index contributed by atoms with van der Waals surface area (Å²) in [5, 5.41) is 5.07. The van der Waals surface area contributed by atoms with Gasteiger partial charge in [-0.1, -0.05) is 37.3 Å². The maximum atomic E-state index is 12.6. The zero-order valence-corrected chi connectivity index (χ0v) is 16.7. The molecule has 1 amide bonds. The van der Waals surface area contributed by atoms with Gasteiger partial charge in [-0.2, -0.15) is 0 Å². The second kappa shape index (κ2) is 8.84. The van der Waals surface area contributed by atoms with Crippen LogP contribution in [-0.4, -0.2) is 15.9 Å². The molecule has 0 aliphatic heterocycles. The summed E-state index contributed by atoms with van der Waals surface area (Å²) in [5.41, 5.74) is 2.20. The Morgan fingerprint density at radius 2 is 1.89 bits per heavy atom. The predicted octanol–water partition coefficient (Wildman–Crippen LogP) is 2.83. The predicted molar refractivity (Wildman–Crippen MR) is 111 cm³/mol. The quantitative estimate of drug-likeness (QED) is 0.572. The van der Waals surface area contributed by atoms with E-state index >= 15 is 0 Å². The number of aryl methyl sites for hydroxylation is 2. The molecule has 3 rings (SSSR count). The Bertz CT molecular complexity index is 1050. The third kappa shape index (κ3) is 4.67. The van der Waals surface area contributed by atoms with E-state index in [4.69, 9.17) is 0 Å². The molecular formula is C21H23N3O3S. The highest BCUT2D eigenvalue weighted by atomic mass is 32.1. The van der Waals surface area contributed by atoms with Crippen molar-refractivity contribution in [2.24, 2.45) is 0 Å². The fourth-order valence-corrected chi connectivity index (χ4v) is 3.92. The molecule has 0 aliphatic carbocycles. The van der Waals surface area contributed by atoms with Gasteiger partial charge in [0.15, 0.2) is 0 Å². The number of nitrogens with one attached hydrogen (secondary N) is 3. The number of hydrogen-bond donors (Lipinski definition) is 3. The maximum Gasteiger partial charge on any atom is 0.325 e. The number of H-pyrrole nitrogens is 2. The number of aromatic amines is 2. The lowest BCUT2D eigenvalue weighted by Gasteiger charge is -2.18. The smallest absolute Gasteiger partial charge is 0.325 e. The first kappa shape index (κ1) is 19.8. The Kier molecular flexibility index (Phi) is 6.26.